The number of ether oxygens (including phenoxy) is 2. The van der Waals surface area contributed by atoms with E-state index in [1.807, 2.05) is 12.1 Å². The number of methoxy groups -OCH3 is 1. The third kappa shape index (κ3) is 5.21. The molecule has 1 saturated heterocycles. The minimum absolute atomic E-state index is 0.196. The average Bonchev–Trinajstić information content (AvgIpc) is 3.04. The van der Waals surface area contributed by atoms with Gasteiger partial charge in [-0.25, -0.2) is 4.79 Å². The summed E-state index contributed by atoms with van der Waals surface area (Å²) in [7, 11) is 1.24. The fourth-order valence-electron chi connectivity index (χ4n) is 2.07. The predicted molar refractivity (Wildman–Crippen MR) is 109 cm³/mol. The van der Waals surface area contributed by atoms with E-state index in [1.165, 1.54) is 13.3 Å². The van der Waals surface area contributed by atoms with E-state index in [-0.39, 0.29) is 10.1 Å². The van der Waals surface area contributed by atoms with Crippen molar-refractivity contribution in [1.29, 1.82) is 0 Å². The Kier molecular flexibility index (Phi) is 6.46. The smallest absolute Gasteiger partial charge is 0.331 e. The number of benzene rings is 2. The molecule has 0 aliphatic carbocycles. The fraction of sp³-hybridized carbons (Fsp3) is 0.0526. The van der Waals surface area contributed by atoms with Crippen LogP contribution in [0.5, 0.6) is 11.5 Å². The van der Waals surface area contributed by atoms with E-state index < -0.39 is 11.9 Å². The topological polar surface area (TPSA) is 89.3 Å². The first-order chi connectivity index (χ1) is 13.5. The summed E-state index contributed by atoms with van der Waals surface area (Å²) in [6.45, 7) is 0. The van der Waals surface area contributed by atoms with Gasteiger partial charge in [-0.05, 0) is 53.7 Å². The predicted octanol–water partition coefficient (Wildman–Crippen LogP) is 3.74. The first-order valence-electron chi connectivity index (χ1n) is 7.97. The largest absolute Gasteiger partial charge is 0.466 e. The molecular formula is C19H14ClN3O4S. The molecule has 0 saturated carbocycles. The average molecular weight is 416 g/mol. The first kappa shape index (κ1) is 19.7. The third-order valence-corrected chi connectivity index (χ3v) is 4.61. The maximum atomic E-state index is 11.7. The molecule has 1 aliphatic rings. The van der Waals surface area contributed by atoms with E-state index in [0.717, 1.165) is 23.4 Å². The van der Waals surface area contributed by atoms with Crippen LogP contribution in [-0.4, -0.2) is 30.4 Å². The Morgan fingerprint density at radius 2 is 1.93 bits per heavy atom. The maximum Gasteiger partial charge on any atom is 0.331 e. The van der Waals surface area contributed by atoms with Crippen LogP contribution in [0.3, 0.4) is 0 Å². The van der Waals surface area contributed by atoms with Crippen LogP contribution in [-0.2, 0) is 14.3 Å². The summed E-state index contributed by atoms with van der Waals surface area (Å²) in [6.07, 6.45) is 2.63. The number of esters is 1. The number of rotatable bonds is 5. The van der Waals surface area contributed by atoms with Gasteiger partial charge in [-0.2, -0.15) is 5.10 Å². The molecule has 142 valence electrons. The molecule has 0 unspecified atom stereocenters. The highest BCUT2D eigenvalue weighted by Gasteiger charge is 2.24. The SMILES string of the molecule is COC(=O)/C=C1/S/C(=N\N=Cc2ccc(Oc3ccccc3Cl)cc2)NC1=O. The highest BCUT2D eigenvalue weighted by Crippen LogP contribution is 2.28. The molecule has 1 fully saturated rings. The third-order valence-electron chi connectivity index (χ3n) is 3.40. The number of nitrogens with one attached hydrogen (secondary N) is 1. The lowest BCUT2D eigenvalue weighted by Gasteiger charge is -2.07. The molecule has 1 heterocycles. The van der Waals surface area contributed by atoms with E-state index in [1.54, 1.807) is 36.4 Å². The molecule has 28 heavy (non-hydrogen) atoms. The Hall–Kier alpha value is -3.10. The number of para-hydroxylation sites is 1. The number of thioether (sulfide) groups is 1. The van der Waals surface area contributed by atoms with Crippen molar-refractivity contribution in [3.8, 4) is 11.5 Å². The lowest BCUT2D eigenvalue weighted by molar-refractivity contribution is -0.135. The number of nitrogens with zero attached hydrogens (tertiary/aromatic N) is 2. The molecule has 1 aliphatic heterocycles. The maximum absolute atomic E-state index is 11.7. The van der Waals surface area contributed by atoms with Gasteiger partial charge in [-0.3, -0.25) is 10.1 Å². The van der Waals surface area contributed by atoms with Crippen LogP contribution in [0, 0.1) is 0 Å². The molecule has 0 radical (unpaired) electrons. The summed E-state index contributed by atoms with van der Waals surface area (Å²) in [5, 5.41) is 11.2. The Balaban J connectivity index is 1.61. The highest BCUT2D eigenvalue weighted by molar-refractivity contribution is 8.18. The van der Waals surface area contributed by atoms with Crippen molar-refractivity contribution < 1.29 is 19.1 Å². The van der Waals surface area contributed by atoms with Gasteiger partial charge < -0.3 is 9.47 Å². The first-order valence-corrected chi connectivity index (χ1v) is 9.17. The van der Waals surface area contributed by atoms with Gasteiger partial charge in [0.25, 0.3) is 5.91 Å². The normalized spacial score (nSPS) is 16.6. The number of carbonyl (C=O) groups is 2. The van der Waals surface area contributed by atoms with Gasteiger partial charge in [0, 0.05) is 6.08 Å². The number of amidine groups is 1. The highest BCUT2D eigenvalue weighted by atomic mass is 35.5. The van der Waals surface area contributed by atoms with Gasteiger partial charge in [-0.15, -0.1) is 5.10 Å². The van der Waals surface area contributed by atoms with E-state index in [4.69, 9.17) is 16.3 Å². The molecule has 0 bridgehead atoms. The van der Waals surface area contributed by atoms with Crippen molar-refractivity contribution >= 4 is 46.6 Å². The Bertz CT molecular complexity index is 987. The number of amides is 1. The Labute approximate surface area is 170 Å². The lowest BCUT2D eigenvalue weighted by Crippen LogP contribution is -2.19. The standard InChI is InChI=1S/C19H14ClN3O4S/c1-26-17(24)10-16-18(25)22-19(28-16)23-21-11-12-6-8-13(9-7-12)27-15-5-3-2-4-14(15)20/h2-11H,1H3,(H,22,23,25)/b16-10+,21-11?. The van der Waals surface area contributed by atoms with Crippen LogP contribution in [0.15, 0.2) is 69.7 Å². The molecule has 0 spiro atoms. The number of halogens is 1. The molecule has 1 N–H and O–H groups in total. The van der Waals surface area contributed by atoms with E-state index in [0.29, 0.717) is 16.5 Å². The Morgan fingerprint density at radius 1 is 1.18 bits per heavy atom. The molecule has 0 aromatic heterocycles. The molecule has 2 aromatic carbocycles. The molecule has 1 amide bonds. The summed E-state index contributed by atoms with van der Waals surface area (Å²) >= 11 is 7.08. The molecule has 7 nitrogen and oxygen atoms in total. The second-order valence-electron chi connectivity index (χ2n) is 5.34. The van der Waals surface area contributed by atoms with Crippen molar-refractivity contribution in [1.82, 2.24) is 5.32 Å². The van der Waals surface area contributed by atoms with Gasteiger partial charge in [-0.1, -0.05) is 23.7 Å². The van der Waals surface area contributed by atoms with Crippen molar-refractivity contribution in [3.63, 3.8) is 0 Å². The van der Waals surface area contributed by atoms with Gasteiger partial charge in [0.2, 0.25) is 0 Å². The molecule has 0 atom stereocenters. The molecular weight excluding hydrogens is 402 g/mol. The summed E-state index contributed by atoms with van der Waals surface area (Å²) < 4.78 is 10.2. The van der Waals surface area contributed by atoms with E-state index in [2.05, 4.69) is 20.3 Å². The van der Waals surface area contributed by atoms with Crippen molar-refractivity contribution in [2.75, 3.05) is 7.11 Å². The molecule has 2 aromatic rings. The lowest BCUT2D eigenvalue weighted by atomic mass is 10.2. The zero-order valence-corrected chi connectivity index (χ0v) is 16.2. The van der Waals surface area contributed by atoms with Crippen LogP contribution in [0.1, 0.15) is 5.56 Å². The summed E-state index contributed by atoms with van der Waals surface area (Å²) in [5.74, 6) is 0.168. The van der Waals surface area contributed by atoms with Gasteiger partial charge in [0.15, 0.2) is 5.17 Å². The van der Waals surface area contributed by atoms with E-state index in [9.17, 15) is 9.59 Å². The quantitative estimate of drug-likeness (QED) is 0.348. The monoisotopic (exact) mass is 415 g/mol. The van der Waals surface area contributed by atoms with Gasteiger partial charge in [0.1, 0.15) is 11.5 Å². The zero-order chi connectivity index (χ0) is 19.9. The van der Waals surface area contributed by atoms with Gasteiger partial charge >= 0.3 is 5.97 Å². The van der Waals surface area contributed by atoms with Crippen LogP contribution in [0.2, 0.25) is 5.02 Å². The second-order valence-corrected chi connectivity index (χ2v) is 6.78. The van der Waals surface area contributed by atoms with Crippen LogP contribution < -0.4 is 10.1 Å². The van der Waals surface area contributed by atoms with Crippen molar-refractivity contribution in [2.24, 2.45) is 10.2 Å². The Morgan fingerprint density at radius 3 is 2.64 bits per heavy atom. The molecule has 3 rings (SSSR count). The van der Waals surface area contributed by atoms with Crippen LogP contribution >= 0.6 is 23.4 Å². The minimum atomic E-state index is -0.610. The van der Waals surface area contributed by atoms with Crippen LogP contribution in [0.25, 0.3) is 0 Å². The summed E-state index contributed by atoms with van der Waals surface area (Å²) in [5.41, 5.74) is 0.788. The van der Waals surface area contributed by atoms with Crippen molar-refractivity contribution in [2.45, 2.75) is 0 Å². The zero-order valence-electron chi connectivity index (χ0n) is 14.6. The van der Waals surface area contributed by atoms with Crippen LogP contribution in [0.4, 0.5) is 0 Å². The number of hydrogen-bond acceptors (Lipinski definition) is 7. The van der Waals surface area contributed by atoms with Crippen molar-refractivity contribution in [3.05, 3.63) is 70.1 Å². The second kappa shape index (κ2) is 9.20. The number of carbonyl (C=O) groups excluding carboxylic acids is 2. The minimum Gasteiger partial charge on any atom is -0.466 e. The molecule has 9 heteroatoms. The number of hydrogen-bond donors (Lipinski definition) is 1. The van der Waals surface area contributed by atoms with Gasteiger partial charge in [0.05, 0.1) is 23.3 Å². The summed E-state index contributed by atoms with van der Waals surface area (Å²) in [6, 6.07) is 14.4. The summed E-state index contributed by atoms with van der Waals surface area (Å²) in [4.78, 5) is 23.1. The fourth-order valence-corrected chi connectivity index (χ4v) is 2.98. The van der Waals surface area contributed by atoms with E-state index >= 15 is 0 Å².